The molecule has 0 aliphatic rings. The molecule has 1 aromatic heterocycles. The predicted molar refractivity (Wildman–Crippen MR) is 38.6 cm³/mol. The van der Waals surface area contributed by atoms with Crippen LogP contribution in [0.15, 0.2) is 28.9 Å². The molecule has 1 heterocycles. The number of hydrogen-bond acceptors (Lipinski definition) is 2. The van der Waals surface area contributed by atoms with Gasteiger partial charge in [-0.3, -0.25) is 4.79 Å². The molecule has 10 heavy (non-hydrogen) atoms. The van der Waals surface area contributed by atoms with Crippen molar-refractivity contribution in [3.63, 3.8) is 0 Å². The molecule has 0 aliphatic carbocycles. The number of rotatable bonds is 2. The Bertz CT molecular complexity index is 236. The minimum atomic E-state index is -0.503. The standard InChI is InChI=1S/C7H5ClO2/c8-7(9)4-3-6-2-1-5-10-6/h1-5H/b4-3-. The van der Waals surface area contributed by atoms with Crippen molar-refractivity contribution >= 4 is 22.9 Å². The molecule has 52 valence electrons. The van der Waals surface area contributed by atoms with E-state index in [0.29, 0.717) is 5.76 Å². The predicted octanol–water partition coefficient (Wildman–Crippen LogP) is 2.06. The van der Waals surface area contributed by atoms with Crippen LogP contribution in [-0.2, 0) is 4.79 Å². The monoisotopic (exact) mass is 156 g/mol. The van der Waals surface area contributed by atoms with Gasteiger partial charge in [-0.15, -0.1) is 0 Å². The van der Waals surface area contributed by atoms with E-state index in [0.717, 1.165) is 0 Å². The van der Waals surface area contributed by atoms with E-state index in [4.69, 9.17) is 16.0 Å². The average Bonchev–Trinajstić information content (AvgIpc) is 2.34. The summed E-state index contributed by atoms with van der Waals surface area (Å²) >= 11 is 5.03. The van der Waals surface area contributed by atoms with Gasteiger partial charge in [0, 0.05) is 6.08 Å². The number of allylic oxidation sites excluding steroid dienone is 1. The summed E-state index contributed by atoms with van der Waals surface area (Å²) in [5.74, 6) is 0.619. The molecule has 0 N–H and O–H groups in total. The van der Waals surface area contributed by atoms with Gasteiger partial charge in [0.05, 0.1) is 6.26 Å². The normalized spacial score (nSPS) is 10.5. The second-order valence-corrected chi connectivity index (χ2v) is 2.03. The van der Waals surface area contributed by atoms with E-state index in [2.05, 4.69) is 0 Å². The molecular formula is C7H5ClO2. The van der Waals surface area contributed by atoms with E-state index in [-0.39, 0.29) is 0 Å². The van der Waals surface area contributed by atoms with Crippen LogP contribution in [0.2, 0.25) is 0 Å². The zero-order chi connectivity index (χ0) is 7.40. The number of furan rings is 1. The molecule has 3 heteroatoms. The fourth-order valence-electron chi connectivity index (χ4n) is 0.534. The molecule has 0 saturated carbocycles. The fraction of sp³-hybridized carbons (Fsp3) is 0. The molecule has 0 spiro atoms. The Morgan fingerprint density at radius 1 is 1.70 bits per heavy atom. The van der Waals surface area contributed by atoms with Crippen LogP contribution in [-0.4, -0.2) is 5.24 Å². The molecule has 1 aromatic rings. The van der Waals surface area contributed by atoms with Gasteiger partial charge in [-0.25, -0.2) is 0 Å². The third-order valence-electron chi connectivity index (χ3n) is 0.922. The summed E-state index contributed by atoms with van der Waals surface area (Å²) < 4.78 is 4.89. The Morgan fingerprint density at radius 2 is 2.50 bits per heavy atom. The van der Waals surface area contributed by atoms with Crippen LogP contribution in [0.25, 0.3) is 6.08 Å². The molecule has 0 aliphatic heterocycles. The van der Waals surface area contributed by atoms with E-state index in [1.807, 2.05) is 0 Å². The maximum atomic E-state index is 10.2. The first kappa shape index (κ1) is 7.09. The molecular weight excluding hydrogens is 152 g/mol. The van der Waals surface area contributed by atoms with Gasteiger partial charge in [0.2, 0.25) is 5.24 Å². The van der Waals surface area contributed by atoms with Crippen molar-refractivity contribution in [2.75, 3.05) is 0 Å². The van der Waals surface area contributed by atoms with Crippen LogP contribution in [0, 0.1) is 0 Å². The zero-order valence-corrected chi connectivity index (χ0v) is 5.84. The van der Waals surface area contributed by atoms with Gasteiger partial charge in [0.25, 0.3) is 0 Å². The van der Waals surface area contributed by atoms with Crippen LogP contribution in [0.3, 0.4) is 0 Å². The third kappa shape index (κ3) is 2.07. The van der Waals surface area contributed by atoms with Crippen molar-refractivity contribution in [2.24, 2.45) is 0 Å². The van der Waals surface area contributed by atoms with E-state index in [1.165, 1.54) is 18.4 Å². The maximum Gasteiger partial charge on any atom is 0.245 e. The molecule has 2 nitrogen and oxygen atoms in total. The smallest absolute Gasteiger partial charge is 0.245 e. The molecule has 0 unspecified atom stereocenters. The van der Waals surface area contributed by atoms with Crippen LogP contribution < -0.4 is 0 Å². The van der Waals surface area contributed by atoms with Crippen molar-refractivity contribution in [1.82, 2.24) is 0 Å². The summed E-state index contributed by atoms with van der Waals surface area (Å²) in [6.07, 6.45) is 4.27. The van der Waals surface area contributed by atoms with Crippen molar-refractivity contribution in [3.05, 3.63) is 30.2 Å². The molecule has 0 radical (unpaired) electrons. The summed E-state index contributed by atoms with van der Waals surface area (Å²) in [6, 6.07) is 3.47. The largest absolute Gasteiger partial charge is 0.465 e. The van der Waals surface area contributed by atoms with Crippen LogP contribution in [0.4, 0.5) is 0 Å². The number of carbonyl (C=O) groups excluding carboxylic acids is 1. The van der Waals surface area contributed by atoms with Crippen LogP contribution >= 0.6 is 11.6 Å². The lowest BCUT2D eigenvalue weighted by atomic mass is 10.4. The zero-order valence-electron chi connectivity index (χ0n) is 5.08. The lowest BCUT2D eigenvalue weighted by Crippen LogP contribution is -1.72. The van der Waals surface area contributed by atoms with Crippen molar-refractivity contribution in [3.8, 4) is 0 Å². The Morgan fingerprint density at radius 3 is 3.00 bits per heavy atom. The topological polar surface area (TPSA) is 30.2 Å². The maximum absolute atomic E-state index is 10.2. The molecule has 0 atom stereocenters. The first-order chi connectivity index (χ1) is 4.79. The fourth-order valence-corrected chi connectivity index (χ4v) is 0.597. The van der Waals surface area contributed by atoms with Crippen LogP contribution in [0.5, 0.6) is 0 Å². The minimum Gasteiger partial charge on any atom is -0.465 e. The van der Waals surface area contributed by atoms with Gasteiger partial charge in [-0.2, -0.15) is 0 Å². The van der Waals surface area contributed by atoms with E-state index in [9.17, 15) is 4.79 Å². The highest BCUT2D eigenvalue weighted by Gasteiger charge is 1.88. The Kier molecular flexibility index (Phi) is 2.29. The minimum absolute atomic E-state index is 0.503. The van der Waals surface area contributed by atoms with Crippen molar-refractivity contribution in [2.45, 2.75) is 0 Å². The van der Waals surface area contributed by atoms with Crippen molar-refractivity contribution < 1.29 is 9.21 Å². The van der Waals surface area contributed by atoms with E-state index >= 15 is 0 Å². The van der Waals surface area contributed by atoms with Crippen LogP contribution in [0.1, 0.15) is 5.76 Å². The highest BCUT2D eigenvalue weighted by atomic mass is 35.5. The number of carbonyl (C=O) groups is 1. The quantitative estimate of drug-likeness (QED) is 0.485. The summed E-state index contributed by atoms with van der Waals surface area (Å²) in [5, 5.41) is -0.503. The second-order valence-electron chi connectivity index (χ2n) is 1.65. The first-order valence-electron chi connectivity index (χ1n) is 2.70. The van der Waals surface area contributed by atoms with Gasteiger partial charge in [0.1, 0.15) is 5.76 Å². The van der Waals surface area contributed by atoms with Gasteiger partial charge >= 0.3 is 0 Å². The second kappa shape index (κ2) is 3.22. The van der Waals surface area contributed by atoms with Crippen molar-refractivity contribution in [1.29, 1.82) is 0 Å². The number of hydrogen-bond donors (Lipinski definition) is 0. The SMILES string of the molecule is O=C(Cl)/C=C\c1ccco1. The summed E-state index contributed by atoms with van der Waals surface area (Å²) in [5.41, 5.74) is 0. The highest BCUT2D eigenvalue weighted by Crippen LogP contribution is 2.02. The first-order valence-corrected chi connectivity index (χ1v) is 3.08. The van der Waals surface area contributed by atoms with Gasteiger partial charge < -0.3 is 4.42 Å². The number of halogens is 1. The lowest BCUT2D eigenvalue weighted by Gasteiger charge is -1.78. The van der Waals surface area contributed by atoms with E-state index in [1.54, 1.807) is 12.1 Å². The molecule has 0 aromatic carbocycles. The molecule has 0 amide bonds. The van der Waals surface area contributed by atoms with E-state index < -0.39 is 5.24 Å². The molecule has 0 saturated heterocycles. The van der Waals surface area contributed by atoms with Gasteiger partial charge in [0.15, 0.2) is 0 Å². The molecule has 1 rings (SSSR count). The molecule has 0 bridgehead atoms. The third-order valence-corrected chi connectivity index (χ3v) is 1.05. The summed E-state index contributed by atoms with van der Waals surface area (Å²) in [6.45, 7) is 0. The Hall–Kier alpha value is -1.02. The Balaban J connectivity index is 2.64. The average molecular weight is 157 g/mol. The highest BCUT2D eigenvalue weighted by molar-refractivity contribution is 6.66. The van der Waals surface area contributed by atoms with Gasteiger partial charge in [-0.05, 0) is 29.8 Å². The summed E-state index contributed by atoms with van der Waals surface area (Å²) in [7, 11) is 0. The Labute approximate surface area is 63.1 Å². The van der Waals surface area contributed by atoms with Gasteiger partial charge in [-0.1, -0.05) is 0 Å². The summed E-state index contributed by atoms with van der Waals surface area (Å²) in [4.78, 5) is 10.2. The lowest BCUT2D eigenvalue weighted by molar-refractivity contribution is -0.107. The molecule has 0 fully saturated rings.